The molecule has 5 rings (SSSR count). The summed E-state index contributed by atoms with van der Waals surface area (Å²) in [5.41, 5.74) is 5.62. The van der Waals surface area contributed by atoms with Crippen molar-refractivity contribution < 1.29 is 18.3 Å². The SMILES string of the molecule is COc1cccc(F)c1-n1ccc(-c2cc(F)ccc2N2C[C@H]3C[C@@H]2CN3)c(C(N)=O)c1=O. The Balaban J connectivity index is 1.72. The summed E-state index contributed by atoms with van der Waals surface area (Å²) in [6, 6.07) is 10.5. The van der Waals surface area contributed by atoms with Gasteiger partial charge in [-0.3, -0.25) is 14.2 Å². The van der Waals surface area contributed by atoms with Gasteiger partial charge in [0.2, 0.25) is 0 Å². The minimum atomic E-state index is -0.987. The van der Waals surface area contributed by atoms with E-state index in [1.807, 2.05) is 0 Å². The highest BCUT2D eigenvalue weighted by atomic mass is 19.1. The Morgan fingerprint density at radius 2 is 2.00 bits per heavy atom. The molecular formula is C24H22F2N4O3. The van der Waals surface area contributed by atoms with E-state index in [0.29, 0.717) is 17.3 Å². The number of piperazine rings is 1. The van der Waals surface area contributed by atoms with Crippen molar-refractivity contribution in [1.29, 1.82) is 0 Å². The topological polar surface area (TPSA) is 89.6 Å². The lowest BCUT2D eigenvalue weighted by molar-refractivity contribution is 0.0999. The second kappa shape index (κ2) is 8.00. The third-order valence-corrected chi connectivity index (χ3v) is 6.36. The highest BCUT2D eigenvalue weighted by molar-refractivity contribution is 6.01. The average molecular weight is 452 g/mol. The number of nitrogens with zero attached hydrogens (tertiary/aromatic N) is 2. The summed E-state index contributed by atoms with van der Waals surface area (Å²) < 4.78 is 35.2. The van der Waals surface area contributed by atoms with Crippen molar-refractivity contribution in [2.45, 2.75) is 18.5 Å². The van der Waals surface area contributed by atoms with E-state index in [-0.39, 0.29) is 28.6 Å². The number of benzene rings is 2. The summed E-state index contributed by atoms with van der Waals surface area (Å²) in [6.45, 7) is 1.54. The molecular weight excluding hydrogens is 430 g/mol. The van der Waals surface area contributed by atoms with Crippen molar-refractivity contribution in [2.75, 3.05) is 25.1 Å². The first kappa shape index (κ1) is 21.1. The zero-order valence-corrected chi connectivity index (χ0v) is 17.8. The molecule has 0 radical (unpaired) electrons. The minimum Gasteiger partial charge on any atom is -0.494 e. The first-order valence-electron chi connectivity index (χ1n) is 10.6. The molecule has 0 unspecified atom stereocenters. The van der Waals surface area contributed by atoms with Gasteiger partial charge in [0.25, 0.3) is 11.5 Å². The number of rotatable bonds is 5. The van der Waals surface area contributed by atoms with Crippen molar-refractivity contribution in [2.24, 2.45) is 5.73 Å². The molecule has 1 amide bonds. The van der Waals surface area contributed by atoms with E-state index in [1.165, 1.54) is 49.7 Å². The van der Waals surface area contributed by atoms with Gasteiger partial charge in [0, 0.05) is 48.2 Å². The number of methoxy groups -OCH3 is 1. The smallest absolute Gasteiger partial charge is 0.268 e. The van der Waals surface area contributed by atoms with E-state index in [2.05, 4.69) is 10.2 Å². The van der Waals surface area contributed by atoms with Crippen LogP contribution in [0.1, 0.15) is 16.8 Å². The van der Waals surface area contributed by atoms with Crippen LogP contribution >= 0.6 is 0 Å². The molecule has 9 heteroatoms. The van der Waals surface area contributed by atoms with E-state index in [0.717, 1.165) is 24.1 Å². The van der Waals surface area contributed by atoms with Crippen LogP contribution in [-0.4, -0.2) is 42.8 Å². The van der Waals surface area contributed by atoms with E-state index in [1.54, 1.807) is 6.07 Å². The Morgan fingerprint density at radius 1 is 1.18 bits per heavy atom. The van der Waals surface area contributed by atoms with Crippen LogP contribution in [0.15, 0.2) is 53.5 Å². The number of hydrogen-bond donors (Lipinski definition) is 2. The van der Waals surface area contributed by atoms with Crippen molar-refractivity contribution in [3.8, 4) is 22.6 Å². The van der Waals surface area contributed by atoms with Gasteiger partial charge in [-0.2, -0.15) is 0 Å². The maximum Gasteiger partial charge on any atom is 0.268 e. The van der Waals surface area contributed by atoms with Gasteiger partial charge < -0.3 is 20.7 Å². The summed E-state index contributed by atoms with van der Waals surface area (Å²) in [4.78, 5) is 28.0. The van der Waals surface area contributed by atoms with Crippen LogP contribution in [0.2, 0.25) is 0 Å². The molecule has 3 heterocycles. The number of nitrogens with one attached hydrogen (secondary N) is 1. The molecule has 33 heavy (non-hydrogen) atoms. The van der Waals surface area contributed by atoms with Crippen LogP contribution in [0.3, 0.4) is 0 Å². The summed E-state index contributed by atoms with van der Waals surface area (Å²) >= 11 is 0. The van der Waals surface area contributed by atoms with E-state index in [9.17, 15) is 18.4 Å². The molecule has 0 spiro atoms. The fraction of sp³-hybridized carbons (Fsp3) is 0.250. The third-order valence-electron chi connectivity index (χ3n) is 6.36. The predicted molar refractivity (Wildman–Crippen MR) is 120 cm³/mol. The minimum absolute atomic E-state index is 0.118. The molecule has 3 N–H and O–H groups in total. The van der Waals surface area contributed by atoms with Gasteiger partial charge in [-0.15, -0.1) is 0 Å². The number of fused-ring (bicyclic) bond motifs is 2. The quantitative estimate of drug-likeness (QED) is 0.621. The summed E-state index contributed by atoms with van der Waals surface area (Å²) in [7, 11) is 1.35. The number of amides is 1. The molecule has 0 saturated carbocycles. The van der Waals surface area contributed by atoms with Crippen LogP contribution in [0.5, 0.6) is 5.75 Å². The number of halogens is 2. The zero-order chi connectivity index (χ0) is 23.3. The molecule has 2 atom stereocenters. The number of primary amides is 1. The first-order valence-corrected chi connectivity index (χ1v) is 10.6. The molecule has 0 aliphatic carbocycles. The second-order valence-corrected chi connectivity index (χ2v) is 8.24. The summed E-state index contributed by atoms with van der Waals surface area (Å²) in [6.07, 6.45) is 2.31. The van der Waals surface area contributed by atoms with Gasteiger partial charge in [0.05, 0.1) is 7.11 Å². The van der Waals surface area contributed by atoms with Crippen molar-refractivity contribution in [1.82, 2.24) is 9.88 Å². The lowest BCUT2D eigenvalue weighted by atomic mass is 9.97. The third kappa shape index (κ3) is 3.45. The highest BCUT2D eigenvalue weighted by Crippen LogP contribution is 2.38. The van der Waals surface area contributed by atoms with E-state index in [4.69, 9.17) is 10.5 Å². The predicted octanol–water partition coefficient (Wildman–Crippen LogP) is 2.44. The van der Waals surface area contributed by atoms with Crippen molar-refractivity contribution in [3.63, 3.8) is 0 Å². The number of aromatic nitrogens is 1. The Hall–Kier alpha value is -3.72. The number of hydrogen-bond acceptors (Lipinski definition) is 5. The molecule has 2 saturated heterocycles. The molecule has 2 aliphatic rings. The number of carbonyl (C=O) groups is 1. The number of ether oxygens (including phenoxy) is 1. The van der Waals surface area contributed by atoms with Crippen molar-refractivity contribution in [3.05, 3.63) is 76.2 Å². The Labute approximate surface area is 188 Å². The second-order valence-electron chi connectivity index (χ2n) is 8.24. The molecule has 2 fully saturated rings. The Bertz CT molecular complexity index is 1320. The number of para-hydroxylation sites is 1. The molecule has 7 nitrogen and oxygen atoms in total. The van der Waals surface area contributed by atoms with Gasteiger partial charge in [-0.1, -0.05) is 6.07 Å². The fourth-order valence-electron chi connectivity index (χ4n) is 4.90. The van der Waals surface area contributed by atoms with Crippen LogP contribution < -0.4 is 26.2 Å². The van der Waals surface area contributed by atoms with Gasteiger partial charge in [-0.05, 0) is 42.8 Å². The van der Waals surface area contributed by atoms with Gasteiger partial charge >= 0.3 is 0 Å². The van der Waals surface area contributed by atoms with Crippen molar-refractivity contribution >= 4 is 11.6 Å². The van der Waals surface area contributed by atoms with Crippen LogP contribution in [0.4, 0.5) is 14.5 Å². The Kier molecular flexibility index (Phi) is 5.13. The summed E-state index contributed by atoms with van der Waals surface area (Å²) in [5, 5.41) is 3.42. The number of carbonyl (C=O) groups excluding carboxylic acids is 1. The van der Waals surface area contributed by atoms with E-state index < -0.39 is 23.1 Å². The number of anilines is 1. The first-order chi connectivity index (χ1) is 15.9. The molecule has 3 aromatic rings. The standard InChI is InChI=1S/C24H22F2N4O3/c1-33-20-4-2-3-18(26)22(20)29-8-7-16(21(23(27)31)24(29)32)17-9-13(25)5-6-19(17)30-12-14-10-15(30)11-28-14/h2-9,14-15,28H,10-12H2,1H3,(H2,27,31)/t14-,15-/m1/s1. The highest BCUT2D eigenvalue weighted by Gasteiger charge is 2.38. The maximum atomic E-state index is 14.6. The lowest BCUT2D eigenvalue weighted by Gasteiger charge is -2.31. The summed E-state index contributed by atoms with van der Waals surface area (Å²) in [5.74, 6) is -2.08. The fourth-order valence-corrected chi connectivity index (χ4v) is 4.90. The van der Waals surface area contributed by atoms with Crippen LogP contribution in [0, 0.1) is 11.6 Å². The van der Waals surface area contributed by atoms with Gasteiger partial charge in [0.1, 0.15) is 22.8 Å². The van der Waals surface area contributed by atoms with Gasteiger partial charge in [-0.25, -0.2) is 8.78 Å². The number of pyridine rings is 1. The van der Waals surface area contributed by atoms with Crippen LogP contribution in [0.25, 0.3) is 16.8 Å². The monoisotopic (exact) mass is 452 g/mol. The van der Waals surface area contributed by atoms with E-state index >= 15 is 0 Å². The molecule has 2 aliphatic heterocycles. The molecule has 2 aromatic carbocycles. The zero-order valence-electron chi connectivity index (χ0n) is 17.8. The lowest BCUT2D eigenvalue weighted by Crippen LogP contribution is -2.43. The van der Waals surface area contributed by atoms with Crippen LogP contribution in [-0.2, 0) is 0 Å². The average Bonchev–Trinajstić information content (AvgIpc) is 3.42. The maximum absolute atomic E-state index is 14.6. The molecule has 1 aromatic heterocycles. The normalized spacial score (nSPS) is 19.2. The largest absolute Gasteiger partial charge is 0.494 e. The molecule has 170 valence electrons. The number of nitrogens with two attached hydrogens (primary N) is 1. The van der Waals surface area contributed by atoms with Gasteiger partial charge in [0.15, 0.2) is 5.82 Å². The Morgan fingerprint density at radius 3 is 2.67 bits per heavy atom. The molecule has 2 bridgehead atoms.